The SMILES string of the molecule is CCCNCc1cnc(N(C)CC(F)(F)F)nc1. The quantitative estimate of drug-likeness (QED) is 0.796. The molecule has 102 valence electrons. The molecule has 0 unspecified atom stereocenters. The molecule has 1 rings (SSSR count). The van der Waals surface area contributed by atoms with Gasteiger partial charge in [-0.3, -0.25) is 0 Å². The van der Waals surface area contributed by atoms with Gasteiger partial charge in [0.1, 0.15) is 6.54 Å². The highest BCUT2D eigenvalue weighted by Gasteiger charge is 2.30. The van der Waals surface area contributed by atoms with Gasteiger partial charge >= 0.3 is 6.18 Å². The van der Waals surface area contributed by atoms with Crippen LogP contribution in [0.4, 0.5) is 19.1 Å². The van der Waals surface area contributed by atoms with Crippen LogP contribution >= 0.6 is 0 Å². The summed E-state index contributed by atoms with van der Waals surface area (Å²) < 4.78 is 36.5. The predicted molar refractivity (Wildman–Crippen MR) is 63.4 cm³/mol. The third-order valence-electron chi connectivity index (χ3n) is 2.21. The van der Waals surface area contributed by atoms with Gasteiger partial charge in [0.05, 0.1) is 0 Å². The Morgan fingerprint density at radius 1 is 1.28 bits per heavy atom. The Labute approximate surface area is 104 Å². The second kappa shape index (κ2) is 6.53. The zero-order valence-electron chi connectivity index (χ0n) is 10.5. The molecule has 0 aliphatic rings. The average Bonchev–Trinajstić information content (AvgIpc) is 2.28. The second-order valence-electron chi connectivity index (χ2n) is 4.04. The molecule has 18 heavy (non-hydrogen) atoms. The number of hydrogen-bond donors (Lipinski definition) is 1. The molecule has 1 aromatic heterocycles. The van der Waals surface area contributed by atoms with Crippen molar-refractivity contribution in [2.45, 2.75) is 26.1 Å². The Kier molecular flexibility index (Phi) is 5.33. The third kappa shape index (κ3) is 5.31. The summed E-state index contributed by atoms with van der Waals surface area (Å²) in [6, 6.07) is 0. The molecule has 0 saturated heterocycles. The van der Waals surface area contributed by atoms with Crippen LogP contribution in [0.15, 0.2) is 12.4 Å². The Balaban J connectivity index is 2.54. The molecule has 1 aromatic rings. The summed E-state index contributed by atoms with van der Waals surface area (Å²) in [4.78, 5) is 8.81. The summed E-state index contributed by atoms with van der Waals surface area (Å²) in [6.45, 7) is 2.51. The Morgan fingerprint density at radius 3 is 2.39 bits per heavy atom. The summed E-state index contributed by atoms with van der Waals surface area (Å²) in [5.41, 5.74) is 0.854. The van der Waals surface area contributed by atoms with E-state index in [0.29, 0.717) is 6.54 Å². The minimum atomic E-state index is -4.25. The van der Waals surface area contributed by atoms with E-state index in [9.17, 15) is 13.2 Å². The van der Waals surface area contributed by atoms with E-state index in [-0.39, 0.29) is 5.95 Å². The first-order valence-corrected chi connectivity index (χ1v) is 5.72. The maximum atomic E-state index is 12.2. The molecule has 0 amide bonds. The van der Waals surface area contributed by atoms with Gasteiger partial charge in [-0.2, -0.15) is 13.2 Å². The number of nitrogens with zero attached hydrogens (tertiary/aromatic N) is 3. The zero-order chi connectivity index (χ0) is 13.6. The van der Waals surface area contributed by atoms with E-state index in [2.05, 4.69) is 22.2 Å². The Bertz CT molecular complexity index is 350. The molecule has 0 atom stereocenters. The fourth-order valence-corrected chi connectivity index (χ4v) is 1.39. The van der Waals surface area contributed by atoms with Gasteiger partial charge < -0.3 is 10.2 Å². The van der Waals surface area contributed by atoms with Crippen molar-refractivity contribution in [3.05, 3.63) is 18.0 Å². The smallest absolute Gasteiger partial charge is 0.335 e. The molecule has 7 heteroatoms. The number of aromatic nitrogens is 2. The fraction of sp³-hybridized carbons (Fsp3) is 0.636. The minimum absolute atomic E-state index is 0.0755. The number of halogens is 3. The summed E-state index contributed by atoms with van der Waals surface area (Å²) in [7, 11) is 1.32. The van der Waals surface area contributed by atoms with Gasteiger partial charge in [0.25, 0.3) is 0 Å². The van der Waals surface area contributed by atoms with E-state index in [1.807, 2.05) is 0 Å². The van der Waals surface area contributed by atoms with Crippen LogP contribution in [0.5, 0.6) is 0 Å². The largest absolute Gasteiger partial charge is 0.406 e. The lowest BCUT2D eigenvalue weighted by atomic mass is 10.3. The van der Waals surface area contributed by atoms with E-state index in [0.717, 1.165) is 23.4 Å². The normalized spacial score (nSPS) is 11.6. The maximum absolute atomic E-state index is 12.2. The van der Waals surface area contributed by atoms with Crippen molar-refractivity contribution in [3.63, 3.8) is 0 Å². The first-order valence-electron chi connectivity index (χ1n) is 5.72. The van der Waals surface area contributed by atoms with Crippen LogP contribution in [-0.4, -0.2) is 36.3 Å². The van der Waals surface area contributed by atoms with Crippen LogP contribution in [0.1, 0.15) is 18.9 Å². The van der Waals surface area contributed by atoms with Gasteiger partial charge in [0.2, 0.25) is 5.95 Å². The van der Waals surface area contributed by atoms with Crippen molar-refractivity contribution < 1.29 is 13.2 Å². The molecule has 1 heterocycles. The molecule has 0 bridgehead atoms. The maximum Gasteiger partial charge on any atom is 0.406 e. The Hall–Kier alpha value is -1.37. The molecule has 0 radical (unpaired) electrons. The van der Waals surface area contributed by atoms with Gasteiger partial charge in [-0.1, -0.05) is 6.92 Å². The van der Waals surface area contributed by atoms with Gasteiger partial charge in [0.15, 0.2) is 0 Å². The molecule has 0 saturated carbocycles. The highest BCUT2D eigenvalue weighted by atomic mass is 19.4. The molecular formula is C11H17F3N4. The number of hydrogen-bond acceptors (Lipinski definition) is 4. The van der Waals surface area contributed by atoms with Crippen molar-refractivity contribution >= 4 is 5.95 Å². The fourth-order valence-electron chi connectivity index (χ4n) is 1.39. The van der Waals surface area contributed by atoms with Gasteiger partial charge in [-0.25, -0.2) is 9.97 Å². The molecule has 0 aliphatic carbocycles. The topological polar surface area (TPSA) is 41.1 Å². The zero-order valence-corrected chi connectivity index (χ0v) is 10.5. The Morgan fingerprint density at radius 2 is 1.89 bits per heavy atom. The lowest BCUT2D eigenvalue weighted by Crippen LogP contribution is -2.32. The van der Waals surface area contributed by atoms with Crippen LogP contribution in [0, 0.1) is 0 Å². The van der Waals surface area contributed by atoms with E-state index < -0.39 is 12.7 Å². The summed E-state index contributed by atoms with van der Waals surface area (Å²) in [5, 5.41) is 3.16. The summed E-state index contributed by atoms with van der Waals surface area (Å²) >= 11 is 0. The number of nitrogens with one attached hydrogen (secondary N) is 1. The highest BCUT2D eigenvalue weighted by Crippen LogP contribution is 2.17. The lowest BCUT2D eigenvalue weighted by molar-refractivity contribution is -0.119. The van der Waals surface area contributed by atoms with Crippen LogP contribution in [0.2, 0.25) is 0 Å². The molecule has 4 nitrogen and oxygen atoms in total. The summed E-state index contributed by atoms with van der Waals surface area (Å²) in [5.74, 6) is 0.0755. The van der Waals surface area contributed by atoms with Crippen molar-refractivity contribution in [1.29, 1.82) is 0 Å². The second-order valence-corrected chi connectivity index (χ2v) is 4.04. The molecular weight excluding hydrogens is 245 g/mol. The number of alkyl halides is 3. The van der Waals surface area contributed by atoms with Crippen LogP contribution in [0.25, 0.3) is 0 Å². The number of rotatable bonds is 6. The van der Waals surface area contributed by atoms with Crippen molar-refractivity contribution in [1.82, 2.24) is 15.3 Å². The monoisotopic (exact) mass is 262 g/mol. The lowest BCUT2D eigenvalue weighted by Gasteiger charge is -2.18. The average molecular weight is 262 g/mol. The van der Waals surface area contributed by atoms with Crippen LogP contribution in [0.3, 0.4) is 0 Å². The van der Waals surface area contributed by atoms with E-state index in [1.165, 1.54) is 19.4 Å². The predicted octanol–water partition coefficient (Wildman–Crippen LogP) is 1.97. The van der Waals surface area contributed by atoms with Gasteiger partial charge in [-0.05, 0) is 13.0 Å². The minimum Gasteiger partial charge on any atom is -0.335 e. The van der Waals surface area contributed by atoms with Crippen molar-refractivity contribution in [2.24, 2.45) is 0 Å². The first kappa shape index (κ1) is 14.7. The highest BCUT2D eigenvalue weighted by molar-refractivity contribution is 5.28. The summed E-state index contributed by atoms with van der Waals surface area (Å²) in [6.07, 6.45) is -0.150. The standard InChI is InChI=1S/C11H17F3N4/c1-3-4-15-5-9-6-16-10(17-7-9)18(2)8-11(12,13)14/h6-7,15H,3-5,8H2,1-2H3. The van der Waals surface area contributed by atoms with Gasteiger partial charge in [0, 0.05) is 31.5 Å². The first-order chi connectivity index (χ1) is 8.42. The van der Waals surface area contributed by atoms with Gasteiger partial charge in [-0.15, -0.1) is 0 Å². The molecule has 0 fully saturated rings. The van der Waals surface area contributed by atoms with Crippen LogP contribution in [-0.2, 0) is 6.54 Å². The molecule has 0 aromatic carbocycles. The molecule has 1 N–H and O–H groups in total. The van der Waals surface area contributed by atoms with E-state index >= 15 is 0 Å². The van der Waals surface area contributed by atoms with E-state index in [1.54, 1.807) is 0 Å². The van der Waals surface area contributed by atoms with Crippen LogP contribution < -0.4 is 10.2 Å². The van der Waals surface area contributed by atoms with Crippen molar-refractivity contribution in [2.75, 3.05) is 25.0 Å². The number of anilines is 1. The molecule has 0 spiro atoms. The molecule has 0 aliphatic heterocycles. The third-order valence-corrected chi connectivity index (χ3v) is 2.21. The van der Waals surface area contributed by atoms with Crippen molar-refractivity contribution in [3.8, 4) is 0 Å². The van der Waals surface area contributed by atoms with E-state index in [4.69, 9.17) is 0 Å².